The molecule has 3 heterocycles. The van der Waals surface area contributed by atoms with Crippen molar-refractivity contribution >= 4 is 32.3 Å². The predicted octanol–water partition coefficient (Wildman–Crippen LogP) is 5.98. The molecule has 11 heteroatoms. The Bertz CT molecular complexity index is 1860. The maximum absolute atomic E-state index is 15.3. The number of anilines is 1. The first-order chi connectivity index (χ1) is 19.9. The van der Waals surface area contributed by atoms with Crippen molar-refractivity contribution in [3.8, 4) is 11.5 Å². The monoisotopic (exact) mass is 587 g/mol. The summed E-state index contributed by atoms with van der Waals surface area (Å²) in [5, 5.41) is 7.49. The van der Waals surface area contributed by atoms with E-state index in [4.69, 9.17) is 4.74 Å². The van der Waals surface area contributed by atoms with Crippen molar-refractivity contribution < 1.29 is 22.3 Å². The Labute approximate surface area is 243 Å². The highest BCUT2D eigenvalue weighted by Gasteiger charge is 2.20. The van der Waals surface area contributed by atoms with Crippen LogP contribution in [-0.2, 0) is 32.3 Å². The summed E-state index contributed by atoms with van der Waals surface area (Å²) in [4.78, 5) is 21.0. The molecule has 1 amide bonds. The fourth-order valence-electron chi connectivity index (χ4n) is 4.45. The second kappa shape index (κ2) is 11.3. The van der Waals surface area contributed by atoms with Gasteiger partial charge in [0.15, 0.2) is 21.4 Å². The van der Waals surface area contributed by atoms with E-state index in [0.29, 0.717) is 33.3 Å². The van der Waals surface area contributed by atoms with Crippen LogP contribution in [0.15, 0.2) is 84.4 Å². The highest BCUT2D eigenvalue weighted by Crippen LogP contribution is 2.34. The van der Waals surface area contributed by atoms with E-state index < -0.39 is 15.7 Å². The molecule has 5 aromatic rings. The standard InChI is InChI=1S/C31H30FN5O4S/c1-20-13-22(15-29(38)36-23-17-35-37(18-23)31(2,3)4)14-26(32)30(20)41-28-9-12-34-27-6-5-24(16-25(27)28)42(39,40)19-21-7-10-33-11-8-21/h5-14,16-18H,15,19H2,1-4H3,(H,36,38). The van der Waals surface area contributed by atoms with Crippen LogP contribution in [0.2, 0.25) is 0 Å². The van der Waals surface area contributed by atoms with Gasteiger partial charge >= 0.3 is 0 Å². The summed E-state index contributed by atoms with van der Waals surface area (Å²) in [6, 6.07) is 12.4. The van der Waals surface area contributed by atoms with Crippen molar-refractivity contribution in [2.75, 3.05) is 5.32 Å². The number of benzene rings is 2. The van der Waals surface area contributed by atoms with Gasteiger partial charge < -0.3 is 10.1 Å². The van der Waals surface area contributed by atoms with E-state index in [1.54, 1.807) is 54.3 Å². The molecule has 216 valence electrons. The molecule has 0 saturated heterocycles. The van der Waals surface area contributed by atoms with E-state index in [-0.39, 0.29) is 40.0 Å². The molecule has 2 aromatic carbocycles. The van der Waals surface area contributed by atoms with E-state index in [1.165, 1.54) is 36.8 Å². The number of ether oxygens (including phenoxy) is 1. The molecule has 42 heavy (non-hydrogen) atoms. The number of carbonyl (C=O) groups is 1. The van der Waals surface area contributed by atoms with E-state index in [2.05, 4.69) is 20.4 Å². The van der Waals surface area contributed by atoms with Crippen molar-refractivity contribution in [3.05, 3.63) is 102 Å². The Morgan fingerprint density at radius 1 is 1.02 bits per heavy atom. The fraction of sp³-hybridized carbons (Fsp3) is 0.226. The number of rotatable bonds is 8. The molecular weight excluding hydrogens is 557 g/mol. The zero-order valence-electron chi connectivity index (χ0n) is 23.6. The van der Waals surface area contributed by atoms with Crippen LogP contribution in [-0.4, -0.2) is 34.1 Å². The Kier molecular flexibility index (Phi) is 7.79. The van der Waals surface area contributed by atoms with Gasteiger partial charge in [-0.1, -0.05) is 6.07 Å². The molecule has 0 fully saturated rings. The topological polar surface area (TPSA) is 116 Å². The van der Waals surface area contributed by atoms with Crippen molar-refractivity contribution in [3.63, 3.8) is 0 Å². The van der Waals surface area contributed by atoms with Gasteiger partial charge in [0.1, 0.15) is 5.75 Å². The summed E-state index contributed by atoms with van der Waals surface area (Å²) in [5.41, 5.74) is 2.39. The Morgan fingerprint density at radius 2 is 1.79 bits per heavy atom. The lowest BCUT2D eigenvalue weighted by Crippen LogP contribution is -2.22. The molecule has 0 saturated carbocycles. The molecule has 0 aliphatic carbocycles. The largest absolute Gasteiger partial charge is 0.453 e. The van der Waals surface area contributed by atoms with Crippen molar-refractivity contribution in [1.29, 1.82) is 0 Å². The van der Waals surface area contributed by atoms with Gasteiger partial charge in [0.25, 0.3) is 0 Å². The van der Waals surface area contributed by atoms with Crippen LogP contribution in [0.5, 0.6) is 11.5 Å². The molecule has 0 unspecified atom stereocenters. The molecule has 1 N–H and O–H groups in total. The number of carbonyl (C=O) groups excluding carboxylic acids is 1. The smallest absolute Gasteiger partial charge is 0.228 e. The lowest BCUT2D eigenvalue weighted by atomic mass is 10.1. The second-order valence-electron chi connectivity index (χ2n) is 11.0. The predicted molar refractivity (Wildman–Crippen MR) is 158 cm³/mol. The SMILES string of the molecule is Cc1cc(CC(=O)Nc2cnn(C(C)(C)C)c2)cc(F)c1Oc1ccnc2ccc(S(=O)(=O)Cc3ccncc3)cc12. The summed E-state index contributed by atoms with van der Waals surface area (Å²) >= 11 is 0. The highest BCUT2D eigenvalue weighted by molar-refractivity contribution is 7.90. The summed E-state index contributed by atoms with van der Waals surface area (Å²) < 4.78 is 49.3. The third-order valence-electron chi connectivity index (χ3n) is 6.56. The first-order valence-electron chi connectivity index (χ1n) is 13.2. The quantitative estimate of drug-likeness (QED) is 0.238. The van der Waals surface area contributed by atoms with Crippen molar-refractivity contribution in [2.24, 2.45) is 0 Å². The average Bonchev–Trinajstić information content (AvgIpc) is 3.40. The average molecular weight is 588 g/mol. The van der Waals surface area contributed by atoms with Gasteiger partial charge in [-0.05, 0) is 86.8 Å². The number of aryl methyl sites for hydroxylation is 1. The van der Waals surface area contributed by atoms with Crippen LogP contribution < -0.4 is 10.1 Å². The minimum atomic E-state index is -3.68. The van der Waals surface area contributed by atoms with E-state index >= 15 is 4.39 Å². The second-order valence-corrected chi connectivity index (χ2v) is 13.0. The number of nitrogens with zero attached hydrogens (tertiary/aromatic N) is 4. The lowest BCUT2D eigenvalue weighted by molar-refractivity contribution is -0.115. The van der Waals surface area contributed by atoms with E-state index in [1.807, 2.05) is 20.8 Å². The van der Waals surface area contributed by atoms with Crippen LogP contribution >= 0.6 is 0 Å². The number of hydrogen-bond acceptors (Lipinski definition) is 7. The number of fused-ring (bicyclic) bond motifs is 1. The summed E-state index contributed by atoms with van der Waals surface area (Å²) in [7, 11) is -3.68. The van der Waals surface area contributed by atoms with Gasteiger partial charge in [0.2, 0.25) is 5.91 Å². The maximum atomic E-state index is 15.3. The first kappa shape index (κ1) is 28.9. The normalized spacial score (nSPS) is 11.9. The Balaban J connectivity index is 1.36. The Hall–Kier alpha value is -4.64. The molecule has 5 rings (SSSR count). The number of hydrogen-bond donors (Lipinski definition) is 1. The molecular formula is C31H30FN5O4S. The van der Waals surface area contributed by atoms with Crippen LogP contribution in [0, 0.1) is 12.7 Å². The Morgan fingerprint density at radius 3 is 2.48 bits per heavy atom. The van der Waals surface area contributed by atoms with Gasteiger partial charge in [0, 0.05) is 30.2 Å². The van der Waals surface area contributed by atoms with Crippen LogP contribution in [0.4, 0.5) is 10.1 Å². The minimum absolute atomic E-state index is 0.0249. The first-order valence-corrected chi connectivity index (χ1v) is 14.9. The number of aromatic nitrogens is 4. The third kappa shape index (κ3) is 6.46. The molecule has 9 nitrogen and oxygen atoms in total. The molecule has 3 aromatic heterocycles. The molecule has 0 bridgehead atoms. The minimum Gasteiger partial charge on any atom is -0.453 e. The zero-order valence-corrected chi connectivity index (χ0v) is 24.4. The summed E-state index contributed by atoms with van der Waals surface area (Å²) in [5.74, 6) is -0.923. The van der Waals surface area contributed by atoms with Gasteiger partial charge in [-0.15, -0.1) is 0 Å². The van der Waals surface area contributed by atoms with Crippen molar-refractivity contribution in [2.45, 2.75) is 50.3 Å². The third-order valence-corrected chi connectivity index (χ3v) is 8.24. The lowest BCUT2D eigenvalue weighted by Gasteiger charge is -2.18. The number of halogens is 1. The molecule has 0 radical (unpaired) electrons. The number of amides is 1. The number of nitrogens with one attached hydrogen (secondary N) is 1. The fourth-order valence-corrected chi connectivity index (χ4v) is 5.82. The van der Waals surface area contributed by atoms with Gasteiger partial charge in [-0.25, -0.2) is 12.8 Å². The van der Waals surface area contributed by atoms with Crippen LogP contribution in [0.1, 0.15) is 37.5 Å². The van der Waals surface area contributed by atoms with E-state index in [9.17, 15) is 13.2 Å². The van der Waals surface area contributed by atoms with Crippen molar-refractivity contribution in [1.82, 2.24) is 19.7 Å². The molecule has 0 aliphatic heterocycles. The summed E-state index contributed by atoms with van der Waals surface area (Å²) in [6.07, 6.45) is 7.86. The van der Waals surface area contributed by atoms with Crippen LogP contribution in [0.25, 0.3) is 10.9 Å². The van der Waals surface area contributed by atoms with E-state index in [0.717, 1.165) is 0 Å². The van der Waals surface area contributed by atoms with Gasteiger partial charge in [0.05, 0.1) is 40.0 Å². The van der Waals surface area contributed by atoms with Crippen LogP contribution in [0.3, 0.4) is 0 Å². The number of pyridine rings is 2. The number of sulfone groups is 1. The highest BCUT2D eigenvalue weighted by atomic mass is 32.2. The maximum Gasteiger partial charge on any atom is 0.228 e. The van der Waals surface area contributed by atoms with Gasteiger partial charge in [-0.2, -0.15) is 5.10 Å². The molecule has 0 atom stereocenters. The summed E-state index contributed by atoms with van der Waals surface area (Å²) in [6.45, 7) is 7.68. The molecule has 0 aliphatic rings. The molecule has 0 spiro atoms. The zero-order chi connectivity index (χ0) is 30.1. The van der Waals surface area contributed by atoms with Gasteiger partial charge in [-0.3, -0.25) is 19.4 Å².